The van der Waals surface area contributed by atoms with E-state index in [4.69, 9.17) is 33.0 Å². The predicted molar refractivity (Wildman–Crippen MR) is 45.0 cm³/mol. The van der Waals surface area contributed by atoms with Gasteiger partial charge in [-0.05, 0) is 12.1 Å². The van der Waals surface area contributed by atoms with Crippen LogP contribution < -0.4 is 5.73 Å². The third kappa shape index (κ3) is 1.64. The van der Waals surface area contributed by atoms with Gasteiger partial charge >= 0.3 is 0 Å². The smallest absolute Gasteiger partial charge is 0.251 e. The first-order chi connectivity index (χ1) is 6.37. The molecule has 1 aromatic rings. The summed E-state index contributed by atoms with van der Waals surface area (Å²) in [6, 6.07) is -1.27. The normalized spacial score (nSPS) is 13.5. The second-order valence-electron chi connectivity index (χ2n) is 1.74. The van der Waals surface area contributed by atoms with Gasteiger partial charge in [-0.15, -0.1) is 0 Å². The molecule has 0 aromatic heterocycles. The molecule has 2 nitrogen and oxygen atoms in total. The average molecular weight is 193 g/mol. The summed E-state index contributed by atoms with van der Waals surface area (Å²) < 4.78 is 21.9. The second-order valence-corrected chi connectivity index (χ2v) is 2.50. The van der Waals surface area contributed by atoms with Crippen molar-refractivity contribution in [3.63, 3.8) is 0 Å². The molecule has 0 saturated heterocycles. The maximum Gasteiger partial charge on any atom is 0.251 e. The zero-order valence-electron chi connectivity index (χ0n) is 8.24. The van der Waals surface area contributed by atoms with Gasteiger partial charge in [-0.2, -0.15) is 0 Å². The Morgan fingerprint density at radius 3 is 2.27 bits per heavy atom. The van der Waals surface area contributed by atoms with Crippen molar-refractivity contribution in [3.8, 4) is 0 Å². The van der Waals surface area contributed by atoms with Crippen molar-refractivity contribution in [1.29, 1.82) is 0 Å². The lowest BCUT2D eigenvalue weighted by atomic mass is 10.2. The highest BCUT2D eigenvalue weighted by Gasteiger charge is 2.09. The third-order valence-corrected chi connectivity index (χ3v) is 1.60. The number of halogens is 2. The third-order valence-electron chi connectivity index (χ3n) is 1.03. The molecule has 0 aliphatic rings. The van der Waals surface area contributed by atoms with Gasteiger partial charge in [-0.3, -0.25) is 4.79 Å². The lowest BCUT2D eigenvalue weighted by Crippen LogP contribution is -2.12. The Bertz CT molecular complexity index is 393. The van der Waals surface area contributed by atoms with Crippen LogP contribution in [-0.2, 0) is 0 Å². The molecular formula is C7H5Cl2NO. The van der Waals surface area contributed by atoms with Gasteiger partial charge in [0.15, 0.2) is 0 Å². The molecule has 0 fully saturated rings. The van der Waals surface area contributed by atoms with Crippen LogP contribution in [0.15, 0.2) is 18.1 Å². The van der Waals surface area contributed by atoms with Crippen LogP contribution in [0.3, 0.4) is 0 Å². The second kappa shape index (κ2) is 3.11. The number of primary amides is 1. The van der Waals surface area contributed by atoms with E-state index in [2.05, 4.69) is 0 Å². The summed E-state index contributed by atoms with van der Waals surface area (Å²) in [4.78, 5) is 10.9. The molecule has 0 saturated carbocycles. The van der Waals surface area contributed by atoms with E-state index in [1.54, 1.807) is 0 Å². The number of hydrogen-bond acceptors (Lipinski definition) is 1. The molecule has 4 heteroatoms. The Hall–Kier alpha value is -0.730. The monoisotopic (exact) mass is 192 g/mol. The molecule has 2 N–H and O–H groups in total. The van der Waals surface area contributed by atoms with Gasteiger partial charge in [0.1, 0.15) is 0 Å². The number of amides is 1. The maximum atomic E-state index is 10.9. The van der Waals surface area contributed by atoms with Crippen molar-refractivity contribution in [1.82, 2.24) is 0 Å². The molecule has 0 aliphatic heterocycles. The first-order valence-corrected chi connectivity index (χ1v) is 3.38. The van der Waals surface area contributed by atoms with Crippen molar-refractivity contribution < 1.29 is 8.91 Å². The lowest BCUT2D eigenvalue weighted by molar-refractivity contribution is 0.100. The topological polar surface area (TPSA) is 43.1 Å². The zero-order chi connectivity index (χ0) is 11.0. The molecule has 58 valence electrons. The zero-order valence-corrected chi connectivity index (χ0v) is 6.75. The van der Waals surface area contributed by atoms with Crippen LogP contribution in [0.1, 0.15) is 14.5 Å². The summed E-state index contributed by atoms with van der Waals surface area (Å²) in [7, 11) is 0. The van der Waals surface area contributed by atoms with Crippen LogP contribution >= 0.6 is 23.2 Å². The molecule has 0 radical (unpaired) electrons. The van der Waals surface area contributed by atoms with Crippen LogP contribution in [-0.4, -0.2) is 5.91 Å². The number of hydrogen-bond donors (Lipinski definition) is 1. The van der Waals surface area contributed by atoms with Gasteiger partial charge < -0.3 is 5.73 Å². The van der Waals surface area contributed by atoms with Gasteiger partial charge in [0.05, 0.1) is 19.7 Å². The first kappa shape index (κ1) is 5.01. The van der Waals surface area contributed by atoms with Crippen LogP contribution in [0.4, 0.5) is 0 Å². The summed E-state index contributed by atoms with van der Waals surface area (Å²) in [5.41, 5.74) is 4.69. The summed E-state index contributed by atoms with van der Waals surface area (Å²) in [5, 5.41) is -0.577. The number of benzene rings is 1. The molecule has 11 heavy (non-hydrogen) atoms. The summed E-state index contributed by atoms with van der Waals surface area (Å²) >= 11 is 11.2. The van der Waals surface area contributed by atoms with Crippen molar-refractivity contribution in [2.24, 2.45) is 5.73 Å². The van der Waals surface area contributed by atoms with Crippen molar-refractivity contribution in [2.45, 2.75) is 0 Å². The van der Waals surface area contributed by atoms with Crippen LogP contribution in [0.25, 0.3) is 0 Å². The van der Waals surface area contributed by atoms with Gasteiger partial charge in [0.2, 0.25) is 0 Å². The van der Waals surface area contributed by atoms with E-state index in [0.717, 1.165) is 0 Å². The lowest BCUT2D eigenvalue weighted by Gasteiger charge is -2.00. The SMILES string of the molecule is [2H]c1c([2H])c(Cl)c(C(N)=O)c(Cl)c1[2H]. The van der Waals surface area contributed by atoms with E-state index >= 15 is 0 Å². The van der Waals surface area contributed by atoms with E-state index in [1.807, 2.05) is 0 Å². The minimum atomic E-state index is -0.915. The van der Waals surface area contributed by atoms with Crippen LogP contribution in [0, 0.1) is 0 Å². The van der Waals surface area contributed by atoms with Crippen molar-refractivity contribution in [2.75, 3.05) is 0 Å². The van der Waals surface area contributed by atoms with Gasteiger partial charge in [0.25, 0.3) is 5.91 Å². The van der Waals surface area contributed by atoms with Crippen molar-refractivity contribution >= 4 is 29.1 Å². The molecule has 1 rings (SSSR count). The summed E-state index contributed by atoms with van der Waals surface area (Å²) in [6.07, 6.45) is 0. The Balaban J connectivity index is 3.68. The number of carbonyl (C=O) groups excluding carboxylic acids is 1. The van der Waals surface area contributed by atoms with Crippen LogP contribution in [0.2, 0.25) is 10.0 Å². The van der Waals surface area contributed by atoms with Crippen LogP contribution in [0.5, 0.6) is 0 Å². The van der Waals surface area contributed by atoms with E-state index in [-0.39, 0.29) is 15.6 Å². The fourth-order valence-electron chi connectivity index (χ4n) is 0.579. The maximum absolute atomic E-state index is 10.9. The van der Waals surface area contributed by atoms with Gasteiger partial charge in [0, 0.05) is 0 Å². The van der Waals surface area contributed by atoms with E-state index in [0.29, 0.717) is 0 Å². The van der Waals surface area contributed by atoms with E-state index < -0.39 is 24.0 Å². The Labute approximate surface area is 78.1 Å². The quantitative estimate of drug-likeness (QED) is 0.728. The highest BCUT2D eigenvalue weighted by atomic mass is 35.5. The largest absolute Gasteiger partial charge is 0.366 e. The Kier molecular flexibility index (Phi) is 1.42. The minimum Gasteiger partial charge on any atom is -0.366 e. The summed E-state index contributed by atoms with van der Waals surface area (Å²) in [6.45, 7) is 0. The first-order valence-electron chi connectivity index (χ1n) is 4.12. The predicted octanol–water partition coefficient (Wildman–Crippen LogP) is 2.09. The fourth-order valence-corrected chi connectivity index (χ4v) is 1.10. The number of nitrogens with two attached hydrogens (primary N) is 1. The Morgan fingerprint density at radius 2 is 1.91 bits per heavy atom. The fraction of sp³-hybridized carbons (Fsp3) is 0. The molecule has 0 unspecified atom stereocenters. The van der Waals surface area contributed by atoms with E-state index in [9.17, 15) is 4.79 Å². The molecule has 0 atom stereocenters. The number of carbonyl (C=O) groups is 1. The number of rotatable bonds is 1. The van der Waals surface area contributed by atoms with E-state index in [1.165, 1.54) is 0 Å². The molecule has 1 aromatic carbocycles. The molecule has 0 aliphatic carbocycles. The standard InChI is InChI=1S/C7H5Cl2NO/c8-4-2-1-3-5(9)6(4)7(10)11/h1-3H,(H2,10,11)/i1D,2D,3D. The molecule has 1 amide bonds. The average Bonchev–Trinajstić information content (AvgIpc) is 2.11. The minimum absolute atomic E-state index is 0.278. The highest BCUT2D eigenvalue weighted by Crippen LogP contribution is 2.22. The summed E-state index contributed by atoms with van der Waals surface area (Å²) in [5.74, 6) is -0.915. The molecule has 0 spiro atoms. The molecule has 0 heterocycles. The van der Waals surface area contributed by atoms with Crippen molar-refractivity contribution in [3.05, 3.63) is 33.7 Å². The molecule has 0 bridgehead atoms. The highest BCUT2D eigenvalue weighted by molar-refractivity contribution is 6.39. The molecular weight excluding hydrogens is 185 g/mol. The Morgan fingerprint density at radius 1 is 1.45 bits per heavy atom. The van der Waals surface area contributed by atoms with Gasteiger partial charge in [-0.25, -0.2) is 0 Å². The van der Waals surface area contributed by atoms with Gasteiger partial charge in [-0.1, -0.05) is 29.2 Å².